The first-order valence-corrected chi connectivity index (χ1v) is 11.5. The molecular weight excluding hydrogens is 483 g/mol. The van der Waals surface area contributed by atoms with Gasteiger partial charge in [0.15, 0.2) is 0 Å². The van der Waals surface area contributed by atoms with Crippen LogP contribution in [0.25, 0.3) is 10.9 Å². The highest BCUT2D eigenvalue weighted by Crippen LogP contribution is 2.32. The first-order chi connectivity index (χ1) is 17.1. The Labute approximate surface area is 203 Å². The van der Waals surface area contributed by atoms with Crippen LogP contribution in [-0.2, 0) is 28.6 Å². The number of H-pyrrole nitrogens is 1. The number of aromatic nitrogens is 1. The van der Waals surface area contributed by atoms with Crippen molar-refractivity contribution in [2.45, 2.75) is 37.4 Å². The molecule has 0 atom stereocenters. The van der Waals surface area contributed by atoms with E-state index in [1.165, 1.54) is 12.1 Å². The van der Waals surface area contributed by atoms with E-state index in [0.717, 1.165) is 23.2 Å². The predicted octanol–water partition coefficient (Wildman–Crippen LogP) is 3.60. The van der Waals surface area contributed by atoms with Crippen LogP contribution in [0.3, 0.4) is 0 Å². The van der Waals surface area contributed by atoms with Gasteiger partial charge in [-0.15, -0.1) is 0 Å². The lowest BCUT2D eigenvalue weighted by atomic mass is 9.86. The standard InChI is InChI=1S/C25H25F5N4O2/c26-17-4-5-20-18(13-17)16(14-33-20)6-9-32-23(36)24(7-10-31-11-8-24)34-21(35)12-15-2-1-3-19(22(15)27)25(28,29)30/h1-5,13-14,31,33H,6-12H2,(H,32,36)(H,34,35). The molecule has 36 heavy (non-hydrogen) atoms. The molecule has 2 amide bonds. The molecule has 0 unspecified atom stereocenters. The van der Waals surface area contributed by atoms with Gasteiger partial charge in [0, 0.05) is 23.6 Å². The number of benzene rings is 2. The number of rotatable bonds is 7. The average molecular weight is 508 g/mol. The second kappa shape index (κ2) is 10.3. The van der Waals surface area contributed by atoms with Crippen molar-refractivity contribution >= 4 is 22.7 Å². The lowest BCUT2D eigenvalue weighted by Crippen LogP contribution is -2.63. The van der Waals surface area contributed by atoms with Gasteiger partial charge in [-0.25, -0.2) is 8.78 Å². The maximum atomic E-state index is 14.4. The lowest BCUT2D eigenvalue weighted by molar-refractivity contribution is -0.140. The molecule has 192 valence electrons. The third-order valence-electron chi connectivity index (χ3n) is 6.41. The minimum Gasteiger partial charge on any atom is -0.361 e. The Kier molecular flexibility index (Phi) is 7.30. The van der Waals surface area contributed by atoms with E-state index in [2.05, 4.69) is 20.9 Å². The first kappa shape index (κ1) is 25.6. The summed E-state index contributed by atoms with van der Waals surface area (Å²) in [5.74, 6) is -3.06. The molecule has 1 aliphatic heterocycles. The Morgan fingerprint density at radius 2 is 1.78 bits per heavy atom. The summed E-state index contributed by atoms with van der Waals surface area (Å²) in [6.07, 6.45) is -2.86. The fraction of sp³-hybridized carbons (Fsp3) is 0.360. The molecule has 0 radical (unpaired) electrons. The molecule has 1 saturated heterocycles. The van der Waals surface area contributed by atoms with Crippen molar-refractivity contribution in [2.24, 2.45) is 0 Å². The van der Waals surface area contributed by atoms with Gasteiger partial charge < -0.3 is 20.9 Å². The topological polar surface area (TPSA) is 86.0 Å². The van der Waals surface area contributed by atoms with Crippen molar-refractivity contribution < 1.29 is 31.5 Å². The number of fused-ring (bicyclic) bond motifs is 1. The van der Waals surface area contributed by atoms with Crippen molar-refractivity contribution in [3.63, 3.8) is 0 Å². The van der Waals surface area contributed by atoms with Crippen molar-refractivity contribution in [2.75, 3.05) is 19.6 Å². The van der Waals surface area contributed by atoms with Gasteiger partial charge in [-0.05, 0) is 67.7 Å². The molecule has 1 aliphatic rings. The number of carbonyl (C=O) groups excluding carboxylic acids is 2. The number of nitrogens with one attached hydrogen (secondary N) is 4. The fourth-order valence-electron chi connectivity index (χ4n) is 4.52. The molecule has 2 heterocycles. The van der Waals surface area contributed by atoms with Gasteiger partial charge in [-0.3, -0.25) is 9.59 Å². The maximum Gasteiger partial charge on any atom is 0.419 e. The molecule has 1 aromatic heterocycles. The van der Waals surface area contributed by atoms with Gasteiger partial charge in [0.05, 0.1) is 12.0 Å². The highest BCUT2D eigenvalue weighted by molar-refractivity contribution is 5.92. The van der Waals surface area contributed by atoms with Crippen LogP contribution >= 0.6 is 0 Å². The minimum absolute atomic E-state index is 0.218. The fourth-order valence-corrected chi connectivity index (χ4v) is 4.52. The predicted molar refractivity (Wildman–Crippen MR) is 123 cm³/mol. The summed E-state index contributed by atoms with van der Waals surface area (Å²) < 4.78 is 67.0. The highest BCUT2D eigenvalue weighted by Gasteiger charge is 2.41. The molecule has 0 bridgehead atoms. The SMILES string of the molecule is O=C(Cc1cccc(C(F)(F)F)c1F)NC1(C(=O)NCCc2c[nH]c3ccc(F)cc23)CCNCC1. The quantitative estimate of drug-likeness (QED) is 0.368. The Balaban J connectivity index is 1.43. The van der Waals surface area contributed by atoms with Crippen LogP contribution in [0.15, 0.2) is 42.6 Å². The van der Waals surface area contributed by atoms with E-state index < -0.39 is 46.9 Å². The lowest BCUT2D eigenvalue weighted by Gasteiger charge is -2.37. The van der Waals surface area contributed by atoms with Gasteiger partial charge in [0.25, 0.3) is 0 Å². The summed E-state index contributed by atoms with van der Waals surface area (Å²) in [5.41, 5.74) is -1.56. The van der Waals surface area contributed by atoms with Crippen molar-refractivity contribution in [1.82, 2.24) is 20.9 Å². The normalized spacial score (nSPS) is 15.6. The van der Waals surface area contributed by atoms with Crippen LogP contribution in [0.5, 0.6) is 0 Å². The third-order valence-corrected chi connectivity index (χ3v) is 6.41. The summed E-state index contributed by atoms with van der Waals surface area (Å²) >= 11 is 0. The maximum absolute atomic E-state index is 14.4. The Morgan fingerprint density at radius 3 is 2.50 bits per heavy atom. The van der Waals surface area contributed by atoms with E-state index in [-0.39, 0.29) is 25.2 Å². The molecule has 3 aromatic rings. The summed E-state index contributed by atoms with van der Waals surface area (Å²) in [6.45, 7) is 1.09. The molecule has 11 heteroatoms. The number of piperidine rings is 1. The molecule has 2 aromatic carbocycles. The first-order valence-electron chi connectivity index (χ1n) is 11.5. The van der Waals surface area contributed by atoms with Gasteiger partial charge in [0.2, 0.25) is 11.8 Å². The van der Waals surface area contributed by atoms with E-state index in [1.54, 1.807) is 12.3 Å². The van der Waals surface area contributed by atoms with Crippen molar-refractivity contribution in [3.8, 4) is 0 Å². The third kappa shape index (κ3) is 5.51. The van der Waals surface area contributed by atoms with Gasteiger partial charge in [-0.2, -0.15) is 13.2 Å². The molecular formula is C25H25F5N4O2. The van der Waals surface area contributed by atoms with E-state index in [9.17, 15) is 31.5 Å². The van der Waals surface area contributed by atoms with Crippen LogP contribution in [-0.4, -0.2) is 42.0 Å². The Morgan fingerprint density at radius 1 is 1.03 bits per heavy atom. The number of aromatic amines is 1. The van der Waals surface area contributed by atoms with Crippen molar-refractivity contribution in [3.05, 3.63) is 70.9 Å². The molecule has 0 saturated carbocycles. The monoisotopic (exact) mass is 508 g/mol. The minimum atomic E-state index is -4.89. The molecule has 0 aliphatic carbocycles. The highest BCUT2D eigenvalue weighted by atomic mass is 19.4. The number of alkyl halides is 3. The number of carbonyl (C=O) groups is 2. The van der Waals surface area contributed by atoms with Crippen molar-refractivity contribution in [1.29, 1.82) is 0 Å². The number of amides is 2. The molecule has 4 rings (SSSR count). The molecule has 6 nitrogen and oxygen atoms in total. The second-order valence-electron chi connectivity index (χ2n) is 8.84. The Bertz CT molecular complexity index is 1270. The summed E-state index contributed by atoms with van der Waals surface area (Å²) in [5, 5.41) is 9.26. The Hall–Kier alpha value is -3.47. The average Bonchev–Trinajstić information content (AvgIpc) is 3.22. The van der Waals surface area contributed by atoms with Crippen LogP contribution in [0, 0.1) is 11.6 Å². The zero-order chi connectivity index (χ0) is 25.9. The molecule has 1 fully saturated rings. The van der Waals surface area contributed by atoms with E-state index >= 15 is 0 Å². The van der Waals surface area contributed by atoms with Gasteiger partial charge >= 0.3 is 6.18 Å². The van der Waals surface area contributed by atoms with Gasteiger partial charge in [-0.1, -0.05) is 12.1 Å². The summed E-state index contributed by atoms with van der Waals surface area (Å²) in [6, 6.07) is 7.14. The summed E-state index contributed by atoms with van der Waals surface area (Å²) in [7, 11) is 0. The van der Waals surface area contributed by atoms with Gasteiger partial charge in [0.1, 0.15) is 17.2 Å². The van der Waals surface area contributed by atoms with Crippen LogP contribution < -0.4 is 16.0 Å². The second-order valence-corrected chi connectivity index (χ2v) is 8.84. The zero-order valence-electron chi connectivity index (χ0n) is 19.2. The number of hydrogen-bond acceptors (Lipinski definition) is 3. The van der Waals surface area contributed by atoms with E-state index in [0.29, 0.717) is 31.0 Å². The van der Waals surface area contributed by atoms with E-state index in [4.69, 9.17) is 0 Å². The smallest absolute Gasteiger partial charge is 0.361 e. The number of hydrogen-bond donors (Lipinski definition) is 4. The zero-order valence-corrected chi connectivity index (χ0v) is 19.2. The van der Waals surface area contributed by atoms with E-state index in [1.807, 2.05) is 0 Å². The summed E-state index contributed by atoms with van der Waals surface area (Å²) in [4.78, 5) is 29.0. The molecule has 0 spiro atoms. The number of halogens is 5. The molecule has 4 N–H and O–H groups in total. The van der Waals surface area contributed by atoms with Crippen LogP contribution in [0.2, 0.25) is 0 Å². The van der Waals surface area contributed by atoms with Crippen LogP contribution in [0.1, 0.15) is 29.5 Å². The largest absolute Gasteiger partial charge is 0.419 e. The van der Waals surface area contributed by atoms with Crippen LogP contribution in [0.4, 0.5) is 22.0 Å².